The van der Waals surface area contributed by atoms with Gasteiger partial charge >= 0.3 is 0 Å². The number of methoxy groups -OCH3 is 1. The normalized spacial score (nSPS) is 14.8. The molecule has 118 valence electrons. The molecule has 2 rings (SSSR count). The maximum Gasteiger partial charge on any atom is 0.194 e. The molecule has 0 aromatic heterocycles. The number of guanidine groups is 1. The fraction of sp³-hybridized carbons (Fsp3) is 0.533. The molecule has 1 aromatic rings. The van der Waals surface area contributed by atoms with Gasteiger partial charge in [0.05, 0.1) is 13.7 Å². The average Bonchev–Trinajstić information content (AvgIpc) is 2.99. The van der Waals surface area contributed by atoms with Crippen LogP contribution in [-0.4, -0.2) is 42.7 Å². The lowest BCUT2D eigenvalue weighted by Crippen LogP contribution is -2.39. The number of nitrogens with one attached hydrogen (secondary N) is 1. The Bertz CT molecular complexity index is 474. The first-order valence-electron chi connectivity index (χ1n) is 7.13. The average molecular weight is 405 g/mol. The van der Waals surface area contributed by atoms with Gasteiger partial charge in [-0.25, -0.2) is 4.99 Å². The lowest BCUT2D eigenvalue weighted by atomic mass is 10.2. The van der Waals surface area contributed by atoms with E-state index in [1.54, 1.807) is 19.2 Å². The Morgan fingerprint density at radius 1 is 1.38 bits per heavy atom. The molecular weight excluding hydrogens is 381 g/mol. The van der Waals surface area contributed by atoms with Crippen LogP contribution in [0.5, 0.6) is 11.5 Å². The number of rotatable bonds is 4. The molecule has 6 heteroatoms. The molecule has 0 spiro atoms. The Hall–Kier alpha value is -1.18. The van der Waals surface area contributed by atoms with Gasteiger partial charge in [-0.2, -0.15) is 0 Å². The molecule has 0 aliphatic carbocycles. The second-order valence-electron chi connectivity index (χ2n) is 4.86. The number of hydrogen-bond acceptors (Lipinski definition) is 3. The van der Waals surface area contributed by atoms with Crippen molar-refractivity contribution in [3.63, 3.8) is 0 Å². The molecule has 0 saturated carbocycles. The molecular formula is C15H24IN3O2. The van der Waals surface area contributed by atoms with Gasteiger partial charge in [0.2, 0.25) is 0 Å². The Morgan fingerprint density at radius 2 is 2.10 bits per heavy atom. The van der Waals surface area contributed by atoms with Crippen LogP contribution in [0.15, 0.2) is 23.2 Å². The molecule has 0 unspecified atom stereocenters. The highest BCUT2D eigenvalue weighted by atomic mass is 127. The van der Waals surface area contributed by atoms with Crippen LogP contribution >= 0.6 is 24.0 Å². The number of aromatic hydroxyl groups is 1. The molecule has 0 amide bonds. The van der Waals surface area contributed by atoms with E-state index in [9.17, 15) is 5.11 Å². The molecule has 1 aliphatic rings. The maximum atomic E-state index is 9.88. The number of likely N-dealkylation sites (tertiary alicyclic amines) is 1. The molecule has 1 fully saturated rings. The minimum atomic E-state index is 0. The SMILES string of the molecule is CCNC(=NCc1cc(OC)ccc1O)N1CCCC1.I. The number of hydrogen-bond donors (Lipinski definition) is 2. The summed E-state index contributed by atoms with van der Waals surface area (Å²) in [5.74, 6) is 1.92. The van der Waals surface area contributed by atoms with E-state index < -0.39 is 0 Å². The third-order valence-electron chi connectivity index (χ3n) is 3.43. The predicted molar refractivity (Wildman–Crippen MR) is 95.7 cm³/mol. The zero-order valence-corrected chi connectivity index (χ0v) is 15.0. The number of benzene rings is 1. The van der Waals surface area contributed by atoms with Crippen molar-refractivity contribution in [1.29, 1.82) is 0 Å². The summed E-state index contributed by atoms with van der Waals surface area (Å²) in [6, 6.07) is 5.22. The van der Waals surface area contributed by atoms with Crippen molar-refractivity contribution >= 4 is 29.9 Å². The summed E-state index contributed by atoms with van der Waals surface area (Å²) in [6.45, 7) is 5.46. The van der Waals surface area contributed by atoms with E-state index in [2.05, 4.69) is 22.1 Å². The van der Waals surface area contributed by atoms with Crippen molar-refractivity contribution in [2.24, 2.45) is 4.99 Å². The zero-order valence-electron chi connectivity index (χ0n) is 12.6. The minimum Gasteiger partial charge on any atom is -0.508 e. The van der Waals surface area contributed by atoms with Crippen molar-refractivity contribution in [3.05, 3.63) is 23.8 Å². The van der Waals surface area contributed by atoms with Crippen LogP contribution in [0, 0.1) is 0 Å². The highest BCUT2D eigenvalue weighted by Gasteiger charge is 2.15. The summed E-state index contributed by atoms with van der Waals surface area (Å²) in [7, 11) is 1.62. The highest BCUT2D eigenvalue weighted by molar-refractivity contribution is 14.0. The smallest absolute Gasteiger partial charge is 0.194 e. The van der Waals surface area contributed by atoms with Crippen LogP contribution in [0.1, 0.15) is 25.3 Å². The number of phenolic OH excluding ortho intramolecular Hbond substituents is 1. The number of aliphatic imine (C=N–C) groups is 1. The first-order valence-corrected chi connectivity index (χ1v) is 7.13. The molecule has 1 aliphatic heterocycles. The molecule has 5 nitrogen and oxygen atoms in total. The van der Waals surface area contributed by atoms with E-state index >= 15 is 0 Å². The van der Waals surface area contributed by atoms with E-state index in [0.717, 1.165) is 36.9 Å². The number of phenols is 1. The van der Waals surface area contributed by atoms with Crippen LogP contribution in [0.4, 0.5) is 0 Å². The largest absolute Gasteiger partial charge is 0.508 e. The Balaban J connectivity index is 0.00000220. The van der Waals surface area contributed by atoms with Crippen LogP contribution in [0.25, 0.3) is 0 Å². The number of ether oxygens (including phenoxy) is 1. The van der Waals surface area contributed by atoms with E-state index in [1.807, 2.05) is 6.07 Å². The van der Waals surface area contributed by atoms with Gasteiger partial charge in [-0.05, 0) is 38.0 Å². The lowest BCUT2D eigenvalue weighted by molar-refractivity contribution is 0.410. The zero-order chi connectivity index (χ0) is 14.4. The van der Waals surface area contributed by atoms with Gasteiger partial charge in [0.25, 0.3) is 0 Å². The van der Waals surface area contributed by atoms with Crippen LogP contribution < -0.4 is 10.1 Å². The van der Waals surface area contributed by atoms with Gasteiger partial charge in [0.15, 0.2) is 5.96 Å². The quantitative estimate of drug-likeness (QED) is 0.460. The van der Waals surface area contributed by atoms with Gasteiger partial charge in [-0.1, -0.05) is 0 Å². The van der Waals surface area contributed by atoms with Crippen molar-refractivity contribution in [2.45, 2.75) is 26.3 Å². The molecule has 2 N–H and O–H groups in total. The van der Waals surface area contributed by atoms with Crippen molar-refractivity contribution in [2.75, 3.05) is 26.7 Å². The first-order chi connectivity index (χ1) is 9.74. The Morgan fingerprint density at radius 3 is 2.71 bits per heavy atom. The predicted octanol–water partition coefficient (Wildman–Crippen LogP) is 2.58. The Labute approximate surface area is 143 Å². The highest BCUT2D eigenvalue weighted by Crippen LogP contribution is 2.23. The second kappa shape index (κ2) is 8.96. The van der Waals surface area contributed by atoms with Crippen LogP contribution in [0.3, 0.4) is 0 Å². The summed E-state index contributed by atoms with van der Waals surface area (Å²) in [5.41, 5.74) is 0.777. The molecule has 1 heterocycles. The lowest BCUT2D eigenvalue weighted by Gasteiger charge is -2.20. The van der Waals surface area contributed by atoms with Crippen molar-refractivity contribution in [1.82, 2.24) is 10.2 Å². The molecule has 1 saturated heterocycles. The standard InChI is InChI=1S/C15H23N3O2.HI/c1-3-16-15(18-8-4-5-9-18)17-11-12-10-13(20-2)6-7-14(12)19;/h6-7,10,19H,3-5,8-9,11H2,1-2H3,(H,16,17);1H. The second-order valence-corrected chi connectivity index (χ2v) is 4.86. The minimum absolute atomic E-state index is 0. The fourth-order valence-corrected chi connectivity index (χ4v) is 2.33. The fourth-order valence-electron chi connectivity index (χ4n) is 2.33. The van der Waals surface area contributed by atoms with Crippen LogP contribution in [-0.2, 0) is 6.54 Å². The Kier molecular flexibility index (Phi) is 7.63. The molecule has 21 heavy (non-hydrogen) atoms. The van der Waals surface area contributed by atoms with Crippen molar-refractivity contribution in [3.8, 4) is 11.5 Å². The third kappa shape index (κ3) is 4.94. The summed E-state index contributed by atoms with van der Waals surface area (Å²) in [6.07, 6.45) is 2.43. The summed E-state index contributed by atoms with van der Waals surface area (Å²) >= 11 is 0. The van der Waals surface area contributed by atoms with E-state index in [-0.39, 0.29) is 29.7 Å². The number of halogens is 1. The van der Waals surface area contributed by atoms with Gasteiger partial charge in [0.1, 0.15) is 11.5 Å². The molecule has 1 aromatic carbocycles. The van der Waals surface area contributed by atoms with E-state index in [4.69, 9.17) is 4.74 Å². The van der Waals surface area contributed by atoms with Gasteiger partial charge in [-0.15, -0.1) is 24.0 Å². The molecule has 0 atom stereocenters. The molecule has 0 radical (unpaired) electrons. The van der Waals surface area contributed by atoms with E-state index in [1.165, 1.54) is 12.8 Å². The topological polar surface area (TPSA) is 57.1 Å². The van der Waals surface area contributed by atoms with Gasteiger partial charge in [-0.3, -0.25) is 0 Å². The summed E-state index contributed by atoms with van der Waals surface area (Å²) in [4.78, 5) is 6.88. The van der Waals surface area contributed by atoms with Crippen molar-refractivity contribution < 1.29 is 9.84 Å². The van der Waals surface area contributed by atoms with Gasteiger partial charge < -0.3 is 20.1 Å². The summed E-state index contributed by atoms with van der Waals surface area (Å²) < 4.78 is 5.18. The summed E-state index contributed by atoms with van der Waals surface area (Å²) in [5, 5.41) is 13.2. The van der Waals surface area contributed by atoms with Crippen LogP contribution in [0.2, 0.25) is 0 Å². The third-order valence-corrected chi connectivity index (χ3v) is 3.43. The first kappa shape index (κ1) is 17.9. The van der Waals surface area contributed by atoms with E-state index in [0.29, 0.717) is 6.54 Å². The molecule has 0 bridgehead atoms. The van der Waals surface area contributed by atoms with Gasteiger partial charge in [0, 0.05) is 25.2 Å². The monoisotopic (exact) mass is 405 g/mol. The number of nitrogens with zero attached hydrogens (tertiary/aromatic N) is 2. The maximum absolute atomic E-state index is 9.88.